The van der Waals surface area contributed by atoms with Crippen LogP contribution in [0.4, 0.5) is 8.78 Å². The van der Waals surface area contributed by atoms with E-state index in [1.54, 1.807) is 30.3 Å². The van der Waals surface area contributed by atoms with Crippen molar-refractivity contribution in [2.75, 3.05) is 40.8 Å². The summed E-state index contributed by atoms with van der Waals surface area (Å²) in [6.45, 7) is 2.88. The van der Waals surface area contributed by atoms with E-state index in [2.05, 4.69) is 23.9 Å². The van der Waals surface area contributed by atoms with E-state index < -0.39 is 37.4 Å². The standard InChI is InChI=1S/C17H24FNO4.C9H9FO3.C8H17NO2.CH4/c1-3-4-5-9-15(17(21)22-2)19-16(20)13-7-6-8-14(12-13)23-11-10-18;10-4-5-13-8-3-1-2-7(6-8)9(11)12;1-3-4-5-6-7(9)8(10)11-2;/h6-8,12,15H,3-5,9-11H2,1-2H3,(H,19,20);1-3,6H,4-5H2,(H,11,12);7H,3-6,9H2,1-2H3;1H4/t15-;;7-;/m0.0./s1. The molecule has 48 heavy (non-hydrogen) atoms. The third-order valence-electron chi connectivity index (χ3n) is 6.38. The molecule has 2 atom stereocenters. The highest BCUT2D eigenvalue weighted by Crippen LogP contribution is 2.15. The van der Waals surface area contributed by atoms with Gasteiger partial charge in [-0.2, -0.15) is 0 Å². The van der Waals surface area contributed by atoms with Crippen LogP contribution in [0, 0.1) is 0 Å². The Hall–Kier alpha value is -4.26. The third kappa shape index (κ3) is 20.8. The SMILES string of the molecule is C.CCCCC[C@H](N)C(=O)OC.CCCCC[C@H](NC(=O)c1cccc(OCCF)c1)C(=O)OC.O=C(O)c1cccc(OCCF)c1. The van der Waals surface area contributed by atoms with E-state index in [0.29, 0.717) is 23.5 Å². The molecule has 0 aliphatic heterocycles. The molecule has 13 heteroatoms. The van der Waals surface area contributed by atoms with Gasteiger partial charge in [-0.15, -0.1) is 0 Å². The molecule has 0 saturated heterocycles. The Morgan fingerprint density at radius 3 is 1.71 bits per heavy atom. The van der Waals surface area contributed by atoms with Crippen LogP contribution in [0.3, 0.4) is 0 Å². The van der Waals surface area contributed by atoms with Crippen LogP contribution < -0.4 is 20.5 Å². The molecule has 0 aromatic heterocycles. The van der Waals surface area contributed by atoms with Crippen molar-refractivity contribution in [3.8, 4) is 11.5 Å². The maximum absolute atomic E-state index is 12.3. The van der Waals surface area contributed by atoms with Crippen LogP contribution in [0.15, 0.2) is 48.5 Å². The van der Waals surface area contributed by atoms with Crippen LogP contribution >= 0.6 is 0 Å². The van der Waals surface area contributed by atoms with Crippen LogP contribution in [-0.4, -0.2) is 81.8 Å². The van der Waals surface area contributed by atoms with Crippen molar-refractivity contribution in [3.63, 3.8) is 0 Å². The van der Waals surface area contributed by atoms with Crippen LogP contribution in [0.1, 0.15) is 93.4 Å². The first-order chi connectivity index (χ1) is 22.6. The smallest absolute Gasteiger partial charge is 0.335 e. The van der Waals surface area contributed by atoms with Gasteiger partial charge in [0.1, 0.15) is 50.1 Å². The molecule has 272 valence electrons. The second-order valence-electron chi connectivity index (χ2n) is 10.1. The van der Waals surface area contributed by atoms with Gasteiger partial charge < -0.3 is 35.1 Å². The number of carbonyl (C=O) groups excluding carboxylic acids is 3. The fourth-order valence-corrected chi connectivity index (χ4v) is 3.87. The van der Waals surface area contributed by atoms with E-state index in [9.17, 15) is 28.0 Å². The average Bonchev–Trinajstić information content (AvgIpc) is 3.09. The quantitative estimate of drug-likeness (QED) is 0.113. The number of nitrogens with one attached hydrogen (secondary N) is 1. The summed E-state index contributed by atoms with van der Waals surface area (Å²) >= 11 is 0. The lowest BCUT2D eigenvalue weighted by Gasteiger charge is -2.16. The number of hydrogen-bond donors (Lipinski definition) is 3. The van der Waals surface area contributed by atoms with Gasteiger partial charge in [-0.1, -0.05) is 71.9 Å². The molecule has 11 nitrogen and oxygen atoms in total. The summed E-state index contributed by atoms with van der Waals surface area (Å²) in [5.41, 5.74) is 5.98. The predicted octanol–water partition coefficient (Wildman–Crippen LogP) is 6.32. The lowest BCUT2D eigenvalue weighted by Crippen LogP contribution is -2.41. The van der Waals surface area contributed by atoms with E-state index in [0.717, 1.165) is 44.9 Å². The molecular weight excluding hydrogens is 630 g/mol. The molecular formula is C35H54F2N2O9. The minimum absolute atomic E-state index is 0. The van der Waals surface area contributed by atoms with Crippen LogP contribution in [0.25, 0.3) is 0 Å². The second kappa shape index (κ2) is 28.9. The van der Waals surface area contributed by atoms with Crippen molar-refractivity contribution >= 4 is 23.8 Å². The molecule has 2 aromatic carbocycles. The number of methoxy groups -OCH3 is 2. The number of esters is 2. The van der Waals surface area contributed by atoms with Crippen LogP contribution in [-0.2, 0) is 19.1 Å². The first-order valence-corrected chi connectivity index (χ1v) is 15.6. The molecule has 0 aliphatic rings. The number of benzene rings is 2. The van der Waals surface area contributed by atoms with Gasteiger partial charge in [-0.3, -0.25) is 9.59 Å². The van der Waals surface area contributed by atoms with Crippen molar-refractivity contribution in [1.29, 1.82) is 0 Å². The lowest BCUT2D eigenvalue weighted by atomic mass is 10.1. The topological polar surface area (TPSA) is 163 Å². The largest absolute Gasteiger partial charge is 0.491 e. The maximum atomic E-state index is 12.3. The first kappa shape index (κ1) is 45.9. The van der Waals surface area contributed by atoms with Gasteiger partial charge >= 0.3 is 17.9 Å². The monoisotopic (exact) mass is 684 g/mol. The zero-order valence-electron chi connectivity index (χ0n) is 27.8. The number of carbonyl (C=O) groups is 4. The van der Waals surface area contributed by atoms with Gasteiger partial charge in [0, 0.05) is 5.56 Å². The first-order valence-electron chi connectivity index (χ1n) is 15.6. The molecule has 1 amide bonds. The highest BCUT2D eigenvalue weighted by atomic mass is 19.1. The van der Waals surface area contributed by atoms with E-state index >= 15 is 0 Å². The summed E-state index contributed by atoms with van der Waals surface area (Å²) in [5.74, 6) is -1.39. The minimum atomic E-state index is -1.02. The predicted molar refractivity (Wildman–Crippen MR) is 181 cm³/mol. The molecule has 0 aliphatic carbocycles. The number of carboxylic acids is 1. The molecule has 0 bridgehead atoms. The number of carboxylic acid groups (broad SMARTS) is 1. The molecule has 0 radical (unpaired) electrons. The molecule has 0 fully saturated rings. The number of unbranched alkanes of at least 4 members (excludes halogenated alkanes) is 4. The van der Waals surface area contributed by atoms with Crippen LogP contribution in [0.2, 0.25) is 0 Å². The Morgan fingerprint density at radius 2 is 1.25 bits per heavy atom. The average molecular weight is 685 g/mol. The van der Waals surface area contributed by atoms with Crippen LogP contribution in [0.5, 0.6) is 11.5 Å². The van der Waals surface area contributed by atoms with Gasteiger partial charge in [-0.25, -0.2) is 18.4 Å². The minimum Gasteiger partial charge on any atom is -0.491 e. The Morgan fingerprint density at radius 1 is 0.771 bits per heavy atom. The van der Waals surface area contributed by atoms with Crippen molar-refractivity contribution < 1.29 is 52.0 Å². The summed E-state index contributed by atoms with van der Waals surface area (Å²) in [4.78, 5) is 45.3. The summed E-state index contributed by atoms with van der Waals surface area (Å²) in [7, 11) is 2.66. The number of ether oxygens (including phenoxy) is 4. The summed E-state index contributed by atoms with van der Waals surface area (Å²) in [6.07, 6.45) is 7.39. The van der Waals surface area contributed by atoms with Crippen molar-refractivity contribution in [2.45, 2.75) is 84.7 Å². The zero-order chi connectivity index (χ0) is 35.5. The molecule has 2 rings (SSSR count). The molecule has 0 heterocycles. The number of hydrogen-bond acceptors (Lipinski definition) is 9. The molecule has 0 spiro atoms. The maximum Gasteiger partial charge on any atom is 0.335 e. The Balaban J connectivity index is 0. The van der Waals surface area contributed by atoms with Gasteiger partial charge in [-0.05, 0) is 49.2 Å². The highest BCUT2D eigenvalue weighted by Gasteiger charge is 2.22. The van der Waals surface area contributed by atoms with Gasteiger partial charge in [0.25, 0.3) is 5.91 Å². The van der Waals surface area contributed by atoms with Gasteiger partial charge in [0.05, 0.1) is 19.8 Å². The number of aromatic carboxylic acids is 1. The summed E-state index contributed by atoms with van der Waals surface area (Å²) in [5, 5.41) is 11.3. The number of rotatable bonds is 19. The van der Waals surface area contributed by atoms with Crippen molar-refractivity contribution in [1.82, 2.24) is 5.32 Å². The third-order valence-corrected chi connectivity index (χ3v) is 6.38. The molecule has 0 saturated carbocycles. The lowest BCUT2D eigenvalue weighted by molar-refractivity contribution is -0.143. The van der Waals surface area contributed by atoms with E-state index in [1.165, 1.54) is 32.4 Å². The van der Waals surface area contributed by atoms with Gasteiger partial charge in [0.2, 0.25) is 0 Å². The second-order valence-corrected chi connectivity index (χ2v) is 10.1. The number of nitrogens with two attached hydrogens (primary N) is 1. The molecule has 4 N–H and O–H groups in total. The van der Waals surface area contributed by atoms with Crippen molar-refractivity contribution in [2.24, 2.45) is 5.73 Å². The Labute approximate surface area is 283 Å². The van der Waals surface area contributed by atoms with E-state index in [-0.39, 0.29) is 38.1 Å². The normalized spacial score (nSPS) is 11.1. The Kier molecular flexibility index (Phi) is 27.6. The summed E-state index contributed by atoms with van der Waals surface area (Å²) in [6, 6.07) is 11.3. The number of amides is 1. The number of alkyl halides is 2. The van der Waals surface area contributed by atoms with Crippen molar-refractivity contribution in [3.05, 3.63) is 59.7 Å². The van der Waals surface area contributed by atoms with E-state index in [4.69, 9.17) is 25.1 Å². The fraction of sp³-hybridized carbons (Fsp3) is 0.543. The van der Waals surface area contributed by atoms with Gasteiger partial charge in [0.15, 0.2) is 0 Å². The molecule has 0 unspecified atom stereocenters. The molecule has 2 aromatic rings. The Bertz CT molecular complexity index is 1180. The fourth-order valence-electron chi connectivity index (χ4n) is 3.87. The highest BCUT2D eigenvalue weighted by molar-refractivity contribution is 5.97. The van der Waals surface area contributed by atoms with E-state index in [1.807, 2.05) is 0 Å². The number of halogens is 2. The zero-order valence-corrected chi connectivity index (χ0v) is 27.8. The summed E-state index contributed by atoms with van der Waals surface area (Å²) < 4.78 is 43.1.